The summed E-state index contributed by atoms with van der Waals surface area (Å²) in [5.41, 5.74) is 8.95. The van der Waals surface area contributed by atoms with E-state index in [-0.39, 0.29) is 17.2 Å². The lowest BCUT2D eigenvalue weighted by Gasteiger charge is -2.34. The molecule has 0 aliphatic carbocycles. The Morgan fingerprint density at radius 1 is 1.12 bits per heavy atom. The summed E-state index contributed by atoms with van der Waals surface area (Å²) >= 11 is 0. The van der Waals surface area contributed by atoms with Crippen LogP contribution in [0, 0.1) is 5.92 Å². The number of urea groups is 1. The van der Waals surface area contributed by atoms with Crippen LogP contribution in [-0.4, -0.2) is 41.4 Å². The highest BCUT2D eigenvalue weighted by Gasteiger charge is 2.35. The Kier molecular flexibility index (Phi) is 7.27. The van der Waals surface area contributed by atoms with Crippen molar-refractivity contribution in [3.05, 3.63) is 76.1 Å². The normalized spacial score (nSPS) is 16.8. The number of likely N-dealkylation sites (tertiary alicyclic amines) is 1. The van der Waals surface area contributed by atoms with E-state index in [2.05, 4.69) is 15.4 Å². The van der Waals surface area contributed by atoms with Crippen molar-refractivity contribution < 1.29 is 14.3 Å². The number of nitrogens with two attached hydrogens (primary N) is 1. The van der Waals surface area contributed by atoms with Gasteiger partial charge in [0.25, 0.3) is 0 Å². The number of amides is 2. The molecule has 8 nitrogen and oxygen atoms in total. The van der Waals surface area contributed by atoms with Crippen LogP contribution in [-0.2, 0) is 0 Å². The lowest BCUT2D eigenvalue weighted by Crippen LogP contribution is -2.40. The third kappa shape index (κ3) is 5.12. The van der Waals surface area contributed by atoms with E-state index in [1.807, 2.05) is 30.3 Å². The molecule has 178 valence electrons. The van der Waals surface area contributed by atoms with Crippen LogP contribution in [0.3, 0.4) is 0 Å². The van der Waals surface area contributed by atoms with Crippen LogP contribution in [0.5, 0.6) is 5.75 Å². The van der Waals surface area contributed by atoms with Crippen molar-refractivity contribution in [3.8, 4) is 5.75 Å². The number of fused-ring (bicyclic) bond motifs is 1. The summed E-state index contributed by atoms with van der Waals surface area (Å²) in [4.78, 5) is 27.0. The molecule has 1 aliphatic rings. The number of hydrogen-bond acceptors (Lipinski definition) is 6. The van der Waals surface area contributed by atoms with Gasteiger partial charge in [-0.25, -0.2) is 15.0 Å². The molecule has 2 aromatic carbocycles. The molecular formula is C26H30N4O4. The number of nitrogens with zero attached hydrogens (tertiary/aromatic N) is 2. The van der Waals surface area contributed by atoms with Gasteiger partial charge in [-0.15, -0.1) is 0 Å². The van der Waals surface area contributed by atoms with Gasteiger partial charge >= 0.3 is 11.7 Å². The van der Waals surface area contributed by atoms with Crippen molar-refractivity contribution in [3.63, 3.8) is 0 Å². The predicted molar refractivity (Wildman–Crippen MR) is 132 cm³/mol. The Balaban J connectivity index is 1.90. The molecule has 1 aliphatic heterocycles. The SMILES string of the molecule is C/C(=N\NC(N)=O)C(CN1CCCCC1)C(c1ccccc1)c1c(O)c2ccccc2oc1=O. The van der Waals surface area contributed by atoms with Crippen molar-refractivity contribution in [2.45, 2.75) is 32.1 Å². The first-order valence-electron chi connectivity index (χ1n) is 11.6. The fourth-order valence-corrected chi connectivity index (χ4v) is 4.81. The molecule has 4 rings (SSSR count). The molecule has 2 atom stereocenters. The number of hydrogen-bond donors (Lipinski definition) is 3. The van der Waals surface area contributed by atoms with Gasteiger partial charge in [0.2, 0.25) is 0 Å². The summed E-state index contributed by atoms with van der Waals surface area (Å²) in [6, 6.07) is 15.7. The van der Waals surface area contributed by atoms with Crippen LogP contribution < -0.4 is 16.8 Å². The molecule has 2 amide bonds. The molecule has 2 heterocycles. The Morgan fingerprint density at radius 3 is 2.50 bits per heavy atom. The summed E-state index contributed by atoms with van der Waals surface area (Å²) in [6.07, 6.45) is 3.39. The maximum atomic E-state index is 13.3. The zero-order valence-corrected chi connectivity index (χ0v) is 19.2. The Bertz CT molecular complexity index is 1230. The molecule has 1 fully saturated rings. The van der Waals surface area contributed by atoms with Gasteiger partial charge in [-0.1, -0.05) is 48.9 Å². The van der Waals surface area contributed by atoms with Gasteiger partial charge in [0, 0.05) is 24.1 Å². The van der Waals surface area contributed by atoms with E-state index in [0.717, 1.165) is 31.5 Å². The first-order chi connectivity index (χ1) is 16.5. The second kappa shape index (κ2) is 10.5. The van der Waals surface area contributed by atoms with Crippen LogP contribution in [0.25, 0.3) is 11.0 Å². The fourth-order valence-electron chi connectivity index (χ4n) is 4.81. The third-order valence-electron chi connectivity index (χ3n) is 6.47. The second-order valence-corrected chi connectivity index (χ2v) is 8.73. The van der Waals surface area contributed by atoms with Gasteiger partial charge in [0.05, 0.1) is 10.9 Å². The van der Waals surface area contributed by atoms with E-state index in [0.29, 0.717) is 23.2 Å². The largest absolute Gasteiger partial charge is 0.507 e. The lowest BCUT2D eigenvalue weighted by atomic mass is 9.78. The van der Waals surface area contributed by atoms with Gasteiger partial charge in [-0.2, -0.15) is 5.10 Å². The smallest absolute Gasteiger partial charge is 0.343 e. The number of para-hydroxylation sites is 1. The lowest BCUT2D eigenvalue weighted by molar-refractivity contribution is 0.207. The molecule has 0 spiro atoms. The number of benzene rings is 2. The Morgan fingerprint density at radius 2 is 1.79 bits per heavy atom. The first-order valence-corrected chi connectivity index (χ1v) is 11.6. The number of nitrogens with one attached hydrogen (secondary N) is 1. The number of hydrazone groups is 1. The minimum absolute atomic E-state index is 0.0972. The maximum Gasteiger partial charge on any atom is 0.343 e. The molecule has 34 heavy (non-hydrogen) atoms. The molecule has 0 radical (unpaired) electrons. The zero-order chi connectivity index (χ0) is 24.1. The topological polar surface area (TPSA) is 121 Å². The number of carbonyl (C=O) groups is 1. The molecular weight excluding hydrogens is 432 g/mol. The van der Waals surface area contributed by atoms with Crippen molar-refractivity contribution in [1.29, 1.82) is 0 Å². The van der Waals surface area contributed by atoms with Crippen LogP contribution >= 0.6 is 0 Å². The predicted octanol–water partition coefficient (Wildman–Crippen LogP) is 3.78. The second-order valence-electron chi connectivity index (χ2n) is 8.73. The molecule has 2 unspecified atom stereocenters. The van der Waals surface area contributed by atoms with E-state index >= 15 is 0 Å². The van der Waals surface area contributed by atoms with Crippen LogP contribution in [0.15, 0.2) is 68.9 Å². The average Bonchev–Trinajstić information content (AvgIpc) is 2.85. The van der Waals surface area contributed by atoms with Gasteiger partial charge < -0.3 is 20.2 Å². The number of primary amides is 1. The minimum atomic E-state index is -0.764. The molecule has 3 aromatic rings. The molecule has 0 saturated carbocycles. The van der Waals surface area contributed by atoms with E-state index < -0.39 is 17.6 Å². The van der Waals surface area contributed by atoms with E-state index in [9.17, 15) is 14.7 Å². The fraction of sp³-hybridized carbons (Fsp3) is 0.346. The molecule has 0 bridgehead atoms. The van der Waals surface area contributed by atoms with Gasteiger partial charge in [-0.3, -0.25) is 0 Å². The summed E-state index contributed by atoms with van der Waals surface area (Å²) < 4.78 is 5.64. The standard InChI is InChI=1S/C26H30N4O4/c1-17(28-29-26(27)33)20(16-30-14-8-3-9-15-30)22(18-10-4-2-5-11-18)23-24(31)19-12-6-7-13-21(19)34-25(23)32/h2,4-7,10-13,20,22,31H,3,8-9,14-16H2,1H3,(H3,27,29,33)/b28-17+. The van der Waals surface area contributed by atoms with Crippen LogP contribution in [0.4, 0.5) is 4.79 Å². The number of aromatic hydroxyl groups is 1. The maximum absolute atomic E-state index is 13.3. The highest BCUT2D eigenvalue weighted by molar-refractivity contribution is 5.89. The van der Waals surface area contributed by atoms with Gasteiger partial charge in [-0.05, 0) is 50.6 Å². The van der Waals surface area contributed by atoms with Gasteiger partial charge in [0.1, 0.15) is 11.3 Å². The first kappa shape index (κ1) is 23.5. The average molecular weight is 463 g/mol. The van der Waals surface area contributed by atoms with E-state index in [1.54, 1.807) is 31.2 Å². The van der Waals surface area contributed by atoms with Crippen molar-refractivity contribution in [2.75, 3.05) is 19.6 Å². The van der Waals surface area contributed by atoms with E-state index in [4.69, 9.17) is 10.2 Å². The Labute approximate surface area is 198 Å². The van der Waals surface area contributed by atoms with Crippen molar-refractivity contribution in [2.24, 2.45) is 16.8 Å². The van der Waals surface area contributed by atoms with Crippen LogP contribution in [0.2, 0.25) is 0 Å². The zero-order valence-electron chi connectivity index (χ0n) is 19.2. The number of carbonyl (C=O) groups excluding carboxylic acids is 1. The molecule has 1 saturated heterocycles. The summed E-state index contributed by atoms with van der Waals surface area (Å²) in [7, 11) is 0. The summed E-state index contributed by atoms with van der Waals surface area (Å²) in [5, 5.41) is 16.0. The minimum Gasteiger partial charge on any atom is -0.507 e. The summed E-state index contributed by atoms with van der Waals surface area (Å²) in [5.74, 6) is -0.982. The van der Waals surface area contributed by atoms with E-state index in [1.165, 1.54) is 6.42 Å². The van der Waals surface area contributed by atoms with Crippen molar-refractivity contribution >= 4 is 22.7 Å². The third-order valence-corrected chi connectivity index (χ3v) is 6.47. The quantitative estimate of drug-likeness (QED) is 0.280. The molecule has 4 N–H and O–H groups in total. The molecule has 1 aromatic heterocycles. The Hall–Kier alpha value is -3.65. The molecule has 8 heteroatoms. The summed E-state index contributed by atoms with van der Waals surface area (Å²) in [6.45, 7) is 4.28. The number of rotatable bonds is 7. The van der Waals surface area contributed by atoms with Crippen molar-refractivity contribution in [1.82, 2.24) is 10.3 Å². The monoisotopic (exact) mass is 462 g/mol. The highest BCUT2D eigenvalue weighted by atomic mass is 16.4. The van der Waals surface area contributed by atoms with Crippen LogP contribution in [0.1, 0.15) is 43.2 Å². The number of piperidine rings is 1. The van der Waals surface area contributed by atoms with Gasteiger partial charge in [0.15, 0.2) is 0 Å². The highest BCUT2D eigenvalue weighted by Crippen LogP contribution is 2.39.